The maximum atomic E-state index is 11.1. The summed E-state index contributed by atoms with van der Waals surface area (Å²) < 4.78 is 13.6. The van der Waals surface area contributed by atoms with E-state index in [2.05, 4.69) is 42.7 Å². The minimum Gasteiger partial charge on any atom is -0.462 e. The van der Waals surface area contributed by atoms with Crippen LogP contribution in [-0.4, -0.2) is 31.1 Å². The third-order valence-electron chi connectivity index (χ3n) is 2.71. The third-order valence-corrected chi connectivity index (χ3v) is 2.71. The predicted molar refractivity (Wildman–Crippen MR) is 108 cm³/mol. The number of hydrogen-bond donors (Lipinski definition) is 0. The average Bonchev–Trinajstić information content (AvgIpc) is 2.65. The molecule has 0 radical (unpaired) electrons. The van der Waals surface area contributed by atoms with Crippen LogP contribution in [0.25, 0.3) is 0 Å². The first kappa shape index (κ1) is 29.1. The smallest absolute Gasteiger partial charge is 0.333 e. The second kappa shape index (κ2) is 23.4. The van der Waals surface area contributed by atoms with Crippen LogP contribution in [0.3, 0.4) is 0 Å². The Morgan fingerprint density at radius 2 is 1.59 bits per heavy atom. The third kappa shape index (κ3) is 28.4. The summed E-state index contributed by atoms with van der Waals surface area (Å²) in [6.07, 6.45) is 8.92. The average molecular weight is 382 g/mol. The molecular weight excluding hydrogens is 348 g/mol. The molecule has 0 aliphatic rings. The number of carbonyl (C=O) groups is 3. The van der Waals surface area contributed by atoms with Gasteiger partial charge in [0.15, 0.2) is 0 Å². The van der Waals surface area contributed by atoms with Crippen LogP contribution < -0.4 is 0 Å². The molecule has 0 spiro atoms. The van der Waals surface area contributed by atoms with Crippen molar-refractivity contribution in [2.75, 3.05) is 13.2 Å². The van der Waals surface area contributed by atoms with E-state index in [4.69, 9.17) is 4.74 Å². The highest BCUT2D eigenvalue weighted by atomic mass is 16.5. The zero-order chi connectivity index (χ0) is 21.5. The van der Waals surface area contributed by atoms with E-state index < -0.39 is 5.97 Å². The number of carbonyl (C=O) groups excluding carboxylic acids is 3. The molecule has 0 aliphatic carbocycles. The van der Waals surface area contributed by atoms with E-state index in [1.54, 1.807) is 0 Å². The molecule has 0 atom stereocenters. The Balaban J connectivity index is -0.000000351. The second-order valence-corrected chi connectivity index (χ2v) is 5.05. The predicted octanol–water partition coefficient (Wildman–Crippen LogP) is 4.67. The standard InChI is InChI=1S/C11H20O2.C6H8O2.C4H6O2/c1-4-6-7-8-9-13-11(12)10(3)5-2;1-3-5-8-6(7)4-2;1-3-6-4(2)5/h3-9H2,1-2H3;3-4H,1-2,5H2;3H,1H2,2H3. The van der Waals surface area contributed by atoms with E-state index >= 15 is 0 Å². The van der Waals surface area contributed by atoms with Crippen molar-refractivity contribution < 1.29 is 28.6 Å². The van der Waals surface area contributed by atoms with Gasteiger partial charge in [0, 0.05) is 18.6 Å². The second-order valence-electron chi connectivity index (χ2n) is 5.05. The van der Waals surface area contributed by atoms with Crippen molar-refractivity contribution in [1.82, 2.24) is 0 Å². The van der Waals surface area contributed by atoms with Gasteiger partial charge >= 0.3 is 17.9 Å². The molecule has 0 unspecified atom stereocenters. The highest BCUT2D eigenvalue weighted by Crippen LogP contribution is 2.03. The van der Waals surface area contributed by atoms with Crippen molar-refractivity contribution in [2.24, 2.45) is 0 Å². The number of rotatable bonds is 11. The largest absolute Gasteiger partial charge is 0.462 e. The quantitative estimate of drug-likeness (QED) is 0.129. The van der Waals surface area contributed by atoms with Crippen LogP contribution in [0, 0.1) is 0 Å². The van der Waals surface area contributed by atoms with Crippen molar-refractivity contribution in [3.8, 4) is 0 Å². The van der Waals surface area contributed by atoms with Crippen LogP contribution in [-0.2, 0) is 28.6 Å². The zero-order valence-corrected chi connectivity index (χ0v) is 17.0. The first-order valence-electron chi connectivity index (χ1n) is 8.83. The summed E-state index contributed by atoms with van der Waals surface area (Å²) in [5.74, 6) is -0.978. The Bertz CT molecular complexity index is 465. The Morgan fingerprint density at radius 3 is 1.96 bits per heavy atom. The molecule has 6 nitrogen and oxygen atoms in total. The van der Waals surface area contributed by atoms with Crippen LogP contribution in [0.1, 0.15) is 52.9 Å². The summed E-state index contributed by atoms with van der Waals surface area (Å²) in [6.45, 7) is 19.5. The van der Waals surface area contributed by atoms with Crippen molar-refractivity contribution in [3.05, 3.63) is 50.3 Å². The van der Waals surface area contributed by atoms with Crippen molar-refractivity contribution >= 4 is 17.9 Å². The summed E-state index contributed by atoms with van der Waals surface area (Å²) >= 11 is 0. The van der Waals surface area contributed by atoms with Gasteiger partial charge in [-0.2, -0.15) is 0 Å². The van der Waals surface area contributed by atoms with Crippen LogP contribution >= 0.6 is 0 Å². The molecule has 0 rings (SSSR count). The summed E-state index contributed by atoms with van der Waals surface area (Å²) in [6, 6.07) is 0. The van der Waals surface area contributed by atoms with Gasteiger partial charge in [0.1, 0.15) is 6.61 Å². The topological polar surface area (TPSA) is 78.9 Å². The molecule has 0 aliphatic heterocycles. The molecular formula is C21H34O6. The van der Waals surface area contributed by atoms with E-state index in [0.717, 1.165) is 25.2 Å². The Labute approximate surface area is 163 Å². The number of hydrogen-bond acceptors (Lipinski definition) is 6. The summed E-state index contributed by atoms with van der Waals surface area (Å²) in [4.78, 5) is 31.0. The van der Waals surface area contributed by atoms with E-state index in [1.165, 1.54) is 25.8 Å². The molecule has 0 N–H and O–H groups in total. The lowest BCUT2D eigenvalue weighted by atomic mass is 10.2. The Morgan fingerprint density at radius 1 is 0.963 bits per heavy atom. The minimum atomic E-state index is -0.412. The number of esters is 3. The molecule has 27 heavy (non-hydrogen) atoms. The van der Waals surface area contributed by atoms with Gasteiger partial charge in [-0.15, -0.1) is 0 Å². The van der Waals surface area contributed by atoms with Crippen LogP contribution in [0.15, 0.2) is 50.3 Å². The fourth-order valence-corrected chi connectivity index (χ4v) is 1.26. The lowest BCUT2D eigenvalue weighted by Gasteiger charge is -2.04. The molecule has 0 aromatic rings. The molecule has 0 saturated heterocycles. The van der Waals surface area contributed by atoms with E-state index in [0.29, 0.717) is 18.6 Å². The van der Waals surface area contributed by atoms with Gasteiger partial charge in [-0.1, -0.05) is 65.5 Å². The highest BCUT2D eigenvalue weighted by molar-refractivity contribution is 5.87. The first-order valence-corrected chi connectivity index (χ1v) is 8.83. The van der Waals surface area contributed by atoms with Crippen molar-refractivity contribution in [2.45, 2.75) is 52.9 Å². The molecule has 6 heteroatoms. The summed E-state index contributed by atoms with van der Waals surface area (Å²) in [5, 5.41) is 0. The van der Waals surface area contributed by atoms with Crippen LogP contribution in [0.4, 0.5) is 0 Å². The monoisotopic (exact) mass is 382 g/mol. The van der Waals surface area contributed by atoms with Gasteiger partial charge in [0.05, 0.1) is 12.9 Å². The number of unbranched alkanes of at least 4 members (excludes halogenated alkanes) is 3. The molecule has 0 bridgehead atoms. The van der Waals surface area contributed by atoms with E-state index in [-0.39, 0.29) is 18.5 Å². The molecule has 154 valence electrons. The minimum absolute atomic E-state index is 0.237. The molecule has 0 heterocycles. The molecule has 0 fully saturated rings. The fourth-order valence-electron chi connectivity index (χ4n) is 1.26. The van der Waals surface area contributed by atoms with Gasteiger partial charge in [-0.25, -0.2) is 9.59 Å². The van der Waals surface area contributed by atoms with Crippen molar-refractivity contribution in [3.63, 3.8) is 0 Å². The fraction of sp³-hybridized carbons (Fsp3) is 0.476. The molecule has 0 aromatic carbocycles. The molecule has 0 aromatic heterocycles. The molecule has 0 saturated carbocycles. The lowest BCUT2D eigenvalue weighted by molar-refractivity contribution is -0.139. The normalized spacial score (nSPS) is 8.41. The lowest BCUT2D eigenvalue weighted by Crippen LogP contribution is -2.07. The maximum absolute atomic E-state index is 11.1. The summed E-state index contributed by atoms with van der Waals surface area (Å²) in [5.41, 5.74) is 0.565. The van der Waals surface area contributed by atoms with Gasteiger partial charge in [0.25, 0.3) is 0 Å². The highest BCUT2D eigenvalue weighted by Gasteiger charge is 2.04. The Kier molecular flexibility index (Phi) is 25.2. The Hall–Kier alpha value is -2.63. The summed E-state index contributed by atoms with van der Waals surface area (Å²) in [7, 11) is 0. The van der Waals surface area contributed by atoms with Gasteiger partial charge in [-0.05, 0) is 12.8 Å². The molecule has 0 amide bonds. The zero-order valence-electron chi connectivity index (χ0n) is 17.0. The van der Waals surface area contributed by atoms with Crippen molar-refractivity contribution in [1.29, 1.82) is 0 Å². The maximum Gasteiger partial charge on any atom is 0.333 e. The number of ether oxygens (including phenoxy) is 3. The van der Waals surface area contributed by atoms with E-state index in [9.17, 15) is 14.4 Å². The first-order chi connectivity index (χ1) is 12.8. The van der Waals surface area contributed by atoms with Gasteiger partial charge < -0.3 is 14.2 Å². The van der Waals surface area contributed by atoms with Gasteiger partial charge in [0.2, 0.25) is 0 Å². The van der Waals surface area contributed by atoms with E-state index in [1.807, 2.05) is 6.92 Å². The van der Waals surface area contributed by atoms with Crippen LogP contribution in [0.2, 0.25) is 0 Å². The van der Waals surface area contributed by atoms with Crippen LogP contribution in [0.5, 0.6) is 0 Å². The SMILES string of the molecule is C=C(CC)C(=O)OCCCCCC.C=CCOC(=O)C=C.C=COC(C)=O. The van der Waals surface area contributed by atoms with Gasteiger partial charge in [-0.3, -0.25) is 4.79 Å².